The van der Waals surface area contributed by atoms with Crippen molar-refractivity contribution in [2.75, 3.05) is 31.1 Å². The molecule has 0 bridgehead atoms. The first-order valence-electron chi connectivity index (χ1n) is 14.9. The number of hydrogen-bond acceptors (Lipinski definition) is 7. The fourth-order valence-electron chi connectivity index (χ4n) is 5.99. The third kappa shape index (κ3) is 6.57. The van der Waals surface area contributed by atoms with Gasteiger partial charge in [-0.05, 0) is 42.8 Å². The van der Waals surface area contributed by atoms with Gasteiger partial charge in [0.05, 0.1) is 30.0 Å². The summed E-state index contributed by atoms with van der Waals surface area (Å²) >= 11 is 0. The summed E-state index contributed by atoms with van der Waals surface area (Å²) < 4.78 is 86.4. The summed E-state index contributed by atoms with van der Waals surface area (Å²) in [5.74, 6) is -2.26. The molecule has 252 valence electrons. The molecule has 0 saturated carbocycles. The molecular weight excluding hydrogens is 642 g/mol. The van der Waals surface area contributed by atoms with E-state index in [1.165, 1.54) is 47.9 Å². The number of aliphatic hydroxyl groups is 1. The monoisotopic (exact) mass is 672 g/mol. The number of benzene rings is 3. The van der Waals surface area contributed by atoms with Crippen LogP contribution in [0.4, 0.5) is 32.0 Å². The molecule has 1 saturated heterocycles. The molecular formula is C32H30F6N8O2. The van der Waals surface area contributed by atoms with Crippen LogP contribution >= 0.6 is 0 Å². The van der Waals surface area contributed by atoms with Crippen LogP contribution in [0.5, 0.6) is 0 Å². The van der Waals surface area contributed by atoms with Gasteiger partial charge in [0.2, 0.25) is 0 Å². The second kappa shape index (κ2) is 12.9. The maximum absolute atomic E-state index is 15.5. The molecule has 16 heteroatoms. The van der Waals surface area contributed by atoms with Crippen LogP contribution in [0.25, 0.3) is 5.69 Å². The normalized spacial score (nSPS) is 16.2. The molecule has 1 aliphatic heterocycles. The molecule has 5 aromatic rings. The van der Waals surface area contributed by atoms with Crippen molar-refractivity contribution >= 4 is 5.69 Å². The zero-order valence-electron chi connectivity index (χ0n) is 25.5. The van der Waals surface area contributed by atoms with Crippen molar-refractivity contribution in [3.05, 3.63) is 124 Å². The van der Waals surface area contributed by atoms with Gasteiger partial charge in [-0.2, -0.15) is 23.4 Å². The third-order valence-electron chi connectivity index (χ3n) is 8.72. The Hall–Kier alpha value is -4.96. The van der Waals surface area contributed by atoms with Crippen LogP contribution < -0.4 is 10.6 Å². The Morgan fingerprint density at radius 2 is 1.60 bits per heavy atom. The predicted octanol–water partition coefficient (Wildman–Crippen LogP) is 4.21. The van der Waals surface area contributed by atoms with Crippen molar-refractivity contribution in [1.29, 1.82) is 0 Å². The standard InChI is InChI=1S/C32H30F6N8O2/c1-21(31(48,17-44-19-39-18-40-44)26-8-6-24(33)14-27(26)34)42-10-12-43(13-11-42)29-9-7-25(15-28(29)35)45-20-41-46(30(45)47)16-22-2-4-23(5-3-22)32(36,37)38/h2-9,14-15,18-21,48H,10-13,16-17H2,1H3/t21-,31-/m1/s1. The highest BCUT2D eigenvalue weighted by molar-refractivity contribution is 5.53. The maximum Gasteiger partial charge on any atom is 0.416 e. The van der Waals surface area contributed by atoms with Crippen LogP contribution in [0.1, 0.15) is 23.6 Å². The average molecular weight is 673 g/mol. The number of aromatic nitrogens is 6. The first-order chi connectivity index (χ1) is 22.8. The average Bonchev–Trinajstić information content (AvgIpc) is 3.69. The van der Waals surface area contributed by atoms with Crippen LogP contribution in [-0.2, 0) is 24.9 Å². The molecule has 48 heavy (non-hydrogen) atoms. The van der Waals surface area contributed by atoms with E-state index in [9.17, 15) is 31.9 Å². The van der Waals surface area contributed by atoms with Crippen molar-refractivity contribution < 1.29 is 31.4 Å². The summed E-state index contributed by atoms with van der Waals surface area (Å²) in [4.78, 5) is 20.6. The highest BCUT2D eigenvalue weighted by Crippen LogP contribution is 2.34. The summed E-state index contributed by atoms with van der Waals surface area (Å²) in [5, 5.41) is 20.0. The second-order valence-electron chi connectivity index (χ2n) is 11.6. The van der Waals surface area contributed by atoms with Crippen LogP contribution in [0, 0.1) is 17.5 Å². The van der Waals surface area contributed by atoms with Crippen molar-refractivity contribution in [2.24, 2.45) is 0 Å². The van der Waals surface area contributed by atoms with Crippen LogP contribution in [0.15, 0.2) is 84.4 Å². The van der Waals surface area contributed by atoms with E-state index in [0.717, 1.165) is 33.5 Å². The lowest BCUT2D eigenvalue weighted by Crippen LogP contribution is -2.57. The van der Waals surface area contributed by atoms with Crippen molar-refractivity contribution in [1.82, 2.24) is 34.0 Å². The minimum Gasteiger partial charge on any atom is -0.381 e. The van der Waals surface area contributed by atoms with Crippen LogP contribution in [0.3, 0.4) is 0 Å². The molecule has 0 unspecified atom stereocenters. The van der Waals surface area contributed by atoms with Gasteiger partial charge in [0, 0.05) is 49.9 Å². The molecule has 1 N–H and O–H groups in total. The molecule has 0 aliphatic carbocycles. The smallest absolute Gasteiger partial charge is 0.381 e. The molecule has 2 aromatic heterocycles. The van der Waals surface area contributed by atoms with E-state index < -0.39 is 46.5 Å². The van der Waals surface area contributed by atoms with Gasteiger partial charge < -0.3 is 10.0 Å². The zero-order valence-corrected chi connectivity index (χ0v) is 25.5. The first-order valence-corrected chi connectivity index (χ1v) is 14.9. The number of nitrogens with zero attached hydrogens (tertiary/aromatic N) is 8. The Morgan fingerprint density at radius 3 is 2.23 bits per heavy atom. The number of alkyl halides is 3. The summed E-state index contributed by atoms with van der Waals surface area (Å²) in [6.45, 7) is 2.98. The second-order valence-corrected chi connectivity index (χ2v) is 11.6. The van der Waals surface area contributed by atoms with E-state index in [1.807, 2.05) is 9.80 Å². The first kappa shape index (κ1) is 33.0. The van der Waals surface area contributed by atoms with Gasteiger partial charge in [-0.3, -0.25) is 4.90 Å². The zero-order chi connectivity index (χ0) is 34.2. The molecule has 1 aliphatic rings. The highest BCUT2D eigenvalue weighted by Gasteiger charge is 2.43. The quantitative estimate of drug-likeness (QED) is 0.235. The van der Waals surface area contributed by atoms with Gasteiger partial charge in [-0.15, -0.1) is 0 Å². The Morgan fingerprint density at radius 1 is 0.875 bits per heavy atom. The number of piperazine rings is 1. The Balaban J connectivity index is 1.14. The molecule has 0 spiro atoms. The lowest BCUT2D eigenvalue weighted by molar-refractivity contribution is -0.137. The van der Waals surface area contributed by atoms with E-state index in [0.29, 0.717) is 37.4 Å². The predicted molar refractivity (Wildman–Crippen MR) is 162 cm³/mol. The van der Waals surface area contributed by atoms with E-state index in [-0.39, 0.29) is 24.3 Å². The third-order valence-corrected chi connectivity index (χ3v) is 8.72. The van der Waals surface area contributed by atoms with Gasteiger partial charge in [0.1, 0.15) is 42.0 Å². The molecule has 6 rings (SSSR count). The lowest BCUT2D eigenvalue weighted by atomic mass is 9.85. The van der Waals surface area contributed by atoms with Crippen molar-refractivity contribution in [2.45, 2.75) is 37.8 Å². The fraction of sp³-hybridized carbons (Fsp3) is 0.312. The van der Waals surface area contributed by atoms with E-state index >= 15 is 4.39 Å². The number of rotatable bonds is 9. The molecule has 2 atom stereocenters. The van der Waals surface area contributed by atoms with Crippen molar-refractivity contribution in [3.8, 4) is 5.69 Å². The van der Waals surface area contributed by atoms with E-state index in [4.69, 9.17) is 0 Å². The molecule has 1 fully saturated rings. The van der Waals surface area contributed by atoms with E-state index in [2.05, 4.69) is 15.2 Å². The number of anilines is 1. The van der Waals surface area contributed by atoms with Crippen LogP contribution in [0.2, 0.25) is 0 Å². The molecule has 0 amide bonds. The molecule has 3 aromatic carbocycles. The summed E-state index contributed by atoms with van der Waals surface area (Å²) in [6, 6.07) is 11.0. The van der Waals surface area contributed by atoms with E-state index in [1.54, 1.807) is 19.1 Å². The molecule has 10 nitrogen and oxygen atoms in total. The molecule has 3 heterocycles. The van der Waals surface area contributed by atoms with Crippen molar-refractivity contribution in [3.63, 3.8) is 0 Å². The Kier molecular flexibility index (Phi) is 8.87. The molecule has 0 radical (unpaired) electrons. The largest absolute Gasteiger partial charge is 0.416 e. The van der Waals surface area contributed by atoms with Gasteiger partial charge in [0.25, 0.3) is 0 Å². The van der Waals surface area contributed by atoms with Crippen LogP contribution in [-0.4, -0.2) is 71.3 Å². The van der Waals surface area contributed by atoms with Gasteiger partial charge in [-0.1, -0.05) is 18.2 Å². The topological polar surface area (TPSA) is 97.2 Å². The minimum atomic E-state index is -4.48. The summed E-state index contributed by atoms with van der Waals surface area (Å²) in [6.07, 6.45) is -0.584. The number of hydrogen-bond donors (Lipinski definition) is 1. The minimum absolute atomic E-state index is 0.0744. The number of halogens is 6. The van der Waals surface area contributed by atoms with Gasteiger partial charge in [0.15, 0.2) is 0 Å². The highest BCUT2D eigenvalue weighted by atomic mass is 19.4. The Bertz CT molecular complexity index is 1940. The lowest BCUT2D eigenvalue weighted by Gasteiger charge is -2.45. The fourth-order valence-corrected chi connectivity index (χ4v) is 5.99. The van der Waals surface area contributed by atoms with Gasteiger partial charge >= 0.3 is 11.9 Å². The summed E-state index contributed by atoms with van der Waals surface area (Å²) in [7, 11) is 0. The maximum atomic E-state index is 15.5. The van der Waals surface area contributed by atoms with Gasteiger partial charge in [-0.25, -0.2) is 36.9 Å². The SMILES string of the molecule is C[C@@H](N1CCN(c2ccc(-n3cnn(Cc4ccc(C(F)(F)F)cc4)c3=O)cc2F)CC1)[C@](O)(Cn1cncn1)c1ccc(F)cc1F. The Labute approximate surface area is 270 Å². The summed E-state index contributed by atoms with van der Waals surface area (Å²) in [5.41, 5.74) is -2.37.